The van der Waals surface area contributed by atoms with Gasteiger partial charge < -0.3 is 15.3 Å². The molecular formula is C12H14O5. The van der Waals surface area contributed by atoms with Crippen molar-refractivity contribution in [2.45, 2.75) is 26.7 Å². The lowest BCUT2D eigenvalue weighted by molar-refractivity contribution is 0.0693. The van der Waals surface area contributed by atoms with Gasteiger partial charge in [0, 0.05) is 5.56 Å². The second kappa shape index (κ2) is 4.86. The minimum absolute atomic E-state index is 0.0904. The maximum absolute atomic E-state index is 11.2. The quantitative estimate of drug-likeness (QED) is 0.744. The molecule has 1 aromatic carbocycles. The average Bonchev–Trinajstić information content (AvgIpc) is 2.26. The van der Waals surface area contributed by atoms with E-state index in [-0.39, 0.29) is 34.4 Å². The van der Waals surface area contributed by atoms with E-state index in [1.807, 2.05) is 0 Å². The van der Waals surface area contributed by atoms with Crippen molar-refractivity contribution in [1.82, 2.24) is 0 Å². The summed E-state index contributed by atoms with van der Waals surface area (Å²) >= 11 is 0. The molecule has 0 saturated heterocycles. The van der Waals surface area contributed by atoms with Gasteiger partial charge in [-0.2, -0.15) is 0 Å². The van der Waals surface area contributed by atoms with Gasteiger partial charge in [0.1, 0.15) is 5.75 Å². The first-order valence-electron chi connectivity index (χ1n) is 5.28. The van der Waals surface area contributed by atoms with E-state index in [9.17, 15) is 14.7 Å². The topological polar surface area (TPSA) is 94.8 Å². The Hall–Kier alpha value is -2.04. The second-order valence-electron chi connectivity index (χ2n) is 3.59. The molecule has 0 spiro atoms. The molecule has 5 heteroatoms. The summed E-state index contributed by atoms with van der Waals surface area (Å²) in [5.41, 5.74) is 0.283. The summed E-state index contributed by atoms with van der Waals surface area (Å²) in [6.07, 6.45) is 0.622. The van der Waals surface area contributed by atoms with Crippen molar-refractivity contribution in [2.75, 3.05) is 0 Å². The molecule has 0 aliphatic carbocycles. The van der Waals surface area contributed by atoms with Crippen LogP contribution < -0.4 is 0 Å². The molecule has 92 valence electrons. The Morgan fingerprint density at radius 2 is 1.59 bits per heavy atom. The van der Waals surface area contributed by atoms with Crippen molar-refractivity contribution in [3.8, 4) is 5.75 Å². The van der Waals surface area contributed by atoms with Crippen molar-refractivity contribution >= 4 is 11.9 Å². The van der Waals surface area contributed by atoms with E-state index in [2.05, 4.69) is 0 Å². The van der Waals surface area contributed by atoms with Crippen molar-refractivity contribution < 1.29 is 24.9 Å². The minimum Gasteiger partial charge on any atom is -0.508 e. The molecule has 0 heterocycles. The Balaban J connectivity index is 3.71. The van der Waals surface area contributed by atoms with Gasteiger partial charge in [-0.25, -0.2) is 9.59 Å². The molecule has 5 nitrogen and oxygen atoms in total. The Morgan fingerprint density at radius 3 is 1.94 bits per heavy atom. The van der Waals surface area contributed by atoms with Gasteiger partial charge in [-0.15, -0.1) is 0 Å². The SMILES string of the molecule is CCc1c(O)cc(C(=O)O)c(CC)c1C(=O)O. The molecular weight excluding hydrogens is 224 g/mol. The highest BCUT2D eigenvalue weighted by atomic mass is 16.4. The number of phenols is 1. The standard InChI is InChI=1S/C12H14O5/c1-3-6-8(11(14)15)5-9(13)7(4-2)10(6)12(16)17/h5,13H,3-4H2,1-2H3,(H,14,15)(H,16,17). The molecule has 0 aliphatic rings. The number of phenolic OH excluding ortho intramolecular Hbond substituents is 1. The molecule has 0 bridgehead atoms. The van der Waals surface area contributed by atoms with Gasteiger partial charge in [0.15, 0.2) is 0 Å². The lowest BCUT2D eigenvalue weighted by atomic mass is 9.92. The normalized spacial score (nSPS) is 10.2. The summed E-state index contributed by atoms with van der Waals surface area (Å²) in [5.74, 6) is -2.72. The van der Waals surface area contributed by atoms with E-state index >= 15 is 0 Å². The number of hydrogen-bond acceptors (Lipinski definition) is 3. The lowest BCUT2D eigenvalue weighted by Gasteiger charge is -2.14. The number of rotatable bonds is 4. The van der Waals surface area contributed by atoms with Crippen LogP contribution in [0.15, 0.2) is 6.07 Å². The van der Waals surface area contributed by atoms with E-state index < -0.39 is 11.9 Å². The molecule has 0 fully saturated rings. The fourth-order valence-corrected chi connectivity index (χ4v) is 1.93. The van der Waals surface area contributed by atoms with E-state index in [1.165, 1.54) is 0 Å². The van der Waals surface area contributed by atoms with E-state index in [0.29, 0.717) is 6.42 Å². The zero-order chi connectivity index (χ0) is 13.2. The van der Waals surface area contributed by atoms with Gasteiger partial charge in [-0.3, -0.25) is 0 Å². The van der Waals surface area contributed by atoms with Crippen LogP contribution in [0.4, 0.5) is 0 Å². The molecule has 3 N–H and O–H groups in total. The second-order valence-corrected chi connectivity index (χ2v) is 3.59. The smallest absolute Gasteiger partial charge is 0.336 e. The third-order valence-corrected chi connectivity index (χ3v) is 2.67. The summed E-state index contributed by atoms with van der Waals surface area (Å²) in [6, 6.07) is 1.12. The fourth-order valence-electron chi connectivity index (χ4n) is 1.93. The van der Waals surface area contributed by atoms with E-state index in [1.54, 1.807) is 13.8 Å². The van der Waals surface area contributed by atoms with Crippen LogP contribution in [0.5, 0.6) is 5.75 Å². The van der Waals surface area contributed by atoms with Crippen LogP contribution in [0, 0.1) is 0 Å². The third-order valence-electron chi connectivity index (χ3n) is 2.67. The number of carbonyl (C=O) groups is 2. The number of carboxylic acid groups (broad SMARTS) is 2. The maximum Gasteiger partial charge on any atom is 0.336 e. The molecule has 17 heavy (non-hydrogen) atoms. The Labute approximate surface area is 98.3 Å². The first-order valence-corrected chi connectivity index (χ1v) is 5.28. The molecule has 0 radical (unpaired) electrons. The van der Waals surface area contributed by atoms with Crippen LogP contribution in [0.2, 0.25) is 0 Å². The monoisotopic (exact) mass is 238 g/mol. The minimum atomic E-state index is -1.23. The van der Waals surface area contributed by atoms with Crippen LogP contribution in [-0.2, 0) is 12.8 Å². The predicted molar refractivity (Wildman–Crippen MR) is 60.8 cm³/mol. The van der Waals surface area contributed by atoms with E-state index in [4.69, 9.17) is 10.2 Å². The molecule has 0 amide bonds. The van der Waals surface area contributed by atoms with Crippen LogP contribution >= 0.6 is 0 Å². The van der Waals surface area contributed by atoms with Gasteiger partial charge in [-0.05, 0) is 24.5 Å². The van der Waals surface area contributed by atoms with Crippen molar-refractivity contribution in [3.63, 3.8) is 0 Å². The predicted octanol–water partition coefficient (Wildman–Crippen LogP) is 1.91. The highest BCUT2D eigenvalue weighted by molar-refractivity contribution is 5.98. The number of aromatic hydroxyl groups is 1. The largest absolute Gasteiger partial charge is 0.508 e. The van der Waals surface area contributed by atoms with Gasteiger partial charge in [0.05, 0.1) is 11.1 Å². The summed E-state index contributed by atoms with van der Waals surface area (Å²) in [7, 11) is 0. The molecule has 0 atom stereocenters. The highest BCUT2D eigenvalue weighted by Crippen LogP contribution is 2.29. The number of carboxylic acids is 2. The van der Waals surface area contributed by atoms with Crippen LogP contribution in [0.25, 0.3) is 0 Å². The number of aromatic carboxylic acids is 2. The Morgan fingerprint density at radius 1 is 1.06 bits per heavy atom. The number of hydrogen-bond donors (Lipinski definition) is 3. The summed E-state index contributed by atoms with van der Waals surface area (Å²) in [5, 5.41) is 27.8. The summed E-state index contributed by atoms with van der Waals surface area (Å²) in [4.78, 5) is 22.2. The first kappa shape index (κ1) is 13.0. The van der Waals surface area contributed by atoms with Crippen LogP contribution in [-0.4, -0.2) is 27.3 Å². The average molecular weight is 238 g/mol. The Bertz CT molecular complexity index is 476. The number of benzene rings is 1. The van der Waals surface area contributed by atoms with E-state index in [0.717, 1.165) is 6.07 Å². The Kier molecular flexibility index (Phi) is 3.73. The maximum atomic E-state index is 11.2. The highest BCUT2D eigenvalue weighted by Gasteiger charge is 2.23. The molecule has 0 aromatic heterocycles. The molecule has 0 saturated carbocycles. The van der Waals surface area contributed by atoms with Crippen molar-refractivity contribution in [2.24, 2.45) is 0 Å². The summed E-state index contributed by atoms with van der Waals surface area (Å²) < 4.78 is 0. The zero-order valence-electron chi connectivity index (χ0n) is 9.65. The molecule has 0 unspecified atom stereocenters. The molecule has 1 rings (SSSR count). The van der Waals surface area contributed by atoms with Gasteiger partial charge in [0.25, 0.3) is 0 Å². The van der Waals surface area contributed by atoms with Crippen LogP contribution in [0.1, 0.15) is 45.7 Å². The third kappa shape index (κ3) is 2.22. The van der Waals surface area contributed by atoms with Gasteiger partial charge in [-0.1, -0.05) is 13.8 Å². The summed E-state index contributed by atoms with van der Waals surface area (Å²) in [6.45, 7) is 3.39. The zero-order valence-corrected chi connectivity index (χ0v) is 9.65. The molecule has 0 aliphatic heterocycles. The van der Waals surface area contributed by atoms with Crippen molar-refractivity contribution in [1.29, 1.82) is 0 Å². The lowest BCUT2D eigenvalue weighted by Crippen LogP contribution is -2.12. The van der Waals surface area contributed by atoms with Gasteiger partial charge in [0.2, 0.25) is 0 Å². The molecule has 1 aromatic rings. The van der Waals surface area contributed by atoms with Gasteiger partial charge >= 0.3 is 11.9 Å². The van der Waals surface area contributed by atoms with Crippen molar-refractivity contribution in [3.05, 3.63) is 28.3 Å². The fraction of sp³-hybridized carbons (Fsp3) is 0.333. The van der Waals surface area contributed by atoms with Crippen LogP contribution in [0.3, 0.4) is 0 Å². The first-order chi connectivity index (χ1) is 7.93.